The second-order valence-corrected chi connectivity index (χ2v) is 6.93. The second-order valence-electron chi connectivity index (χ2n) is 6.50. The quantitative estimate of drug-likeness (QED) is 0.709. The minimum atomic E-state index is -0.284. The van der Waals surface area contributed by atoms with Crippen LogP contribution in [0.3, 0.4) is 0 Å². The standard InChI is InChI=1S/C20H19ClN6O/c1-26-10-3-11-27(20(28)25-18-13-22-8-9-23-18)19-17(26)7-6-16(24-19)14-4-2-5-15(21)12-14/h2,4-9,12-13H,3,10-11H2,1H3,(H,23,25,28). The molecule has 7 nitrogen and oxygen atoms in total. The third-order valence-electron chi connectivity index (χ3n) is 4.56. The molecule has 0 saturated carbocycles. The number of halogens is 1. The molecule has 0 aliphatic carbocycles. The van der Waals surface area contributed by atoms with Gasteiger partial charge in [0.1, 0.15) is 0 Å². The maximum absolute atomic E-state index is 13.0. The lowest BCUT2D eigenvalue weighted by Gasteiger charge is -2.24. The Labute approximate surface area is 168 Å². The van der Waals surface area contributed by atoms with E-state index in [0.717, 1.165) is 29.9 Å². The number of hydrogen-bond donors (Lipinski definition) is 1. The SMILES string of the molecule is CN1CCCN(C(=O)Nc2cnccn2)c2nc(-c3cccc(Cl)c3)ccc21. The Morgan fingerprint density at radius 2 is 2.07 bits per heavy atom. The van der Waals surface area contributed by atoms with Crippen molar-refractivity contribution in [1.29, 1.82) is 0 Å². The van der Waals surface area contributed by atoms with Gasteiger partial charge < -0.3 is 4.90 Å². The van der Waals surface area contributed by atoms with Gasteiger partial charge in [-0.3, -0.25) is 15.2 Å². The highest BCUT2D eigenvalue weighted by Crippen LogP contribution is 2.33. The predicted octanol–water partition coefficient (Wildman–Crippen LogP) is 4.07. The number of benzene rings is 1. The lowest BCUT2D eigenvalue weighted by atomic mass is 10.1. The summed E-state index contributed by atoms with van der Waals surface area (Å²) in [5.74, 6) is 1.01. The maximum Gasteiger partial charge on any atom is 0.328 e. The fourth-order valence-electron chi connectivity index (χ4n) is 3.18. The molecular formula is C20H19ClN6O. The van der Waals surface area contributed by atoms with Crippen LogP contribution in [-0.2, 0) is 0 Å². The molecule has 1 aromatic carbocycles. The van der Waals surface area contributed by atoms with Crippen molar-refractivity contribution in [2.24, 2.45) is 0 Å². The van der Waals surface area contributed by atoms with Gasteiger partial charge >= 0.3 is 6.03 Å². The van der Waals surface area contributed by atoms with E-state index in [9.17, 15) is 4.79 Å². The first-order valence-corrected chi connectivity index (χ1v) is 9.32. The van der Waals surface area contributed by atoms with Crippen LogP contribution in [0.5, 0.6) is 0 Å². The van der Waals surface area contributed by atoms with Gasteiger partial charge in [0.15, 0.2) is 11.6 Å². The normalized spacial score (nSPS) is 13.6. The first-order valence-electron chi connectivity index (χ1n) is 8.94. The zero-order valence-corrected chi connectivity index (χ0v) is 16.1. The number of nitrogens with one attached hydrogen (secondary N) is 1. The highest BCUT2D eigenvalue weighted by molar-refractivity contribution is 6.30. The Morgan fingerprint density at radius 3 is 2.86 bits per heavy atom. The smallest absolute Gasteiger partial charge is 0.328 e. The number of nitrogens with zero attached hydrogens (tertiary/aromatic N) is 5. The third kappa shape index (κ3) is 3.75. The van der Waals surface area contributed by atoms with Crippen LogP contribution in [0.1, 0.15) is 6.42 Å². The third-order valence-corrected chi connectivity index (χ3v) is 4.80. The van der Waals surface area contributed by atoms with Gasteiger partial charge in [-0.05, 0) is 30.7 Å². The zero-order valence-electron chi connectivity index (χ0n) is 15.3. The molecule has 0 unspecified atom stereocenters. The number of pyridine rings is 1. The van der Waals surface area contributed by atoms with Crippen molar-refractivity contribution in [2.45, 2.75) is 6.42 Å². The van der Waals surface area contributed by atoms with Crippen molar-refractivity contribution in [3.05, 3.63) is 60.0 Å². The van der Waals surface area contributed by atoms with Crippen LogP contribution < -0.4 is 15.1 Å². The summed E-state index contributed by atoms with van der Waals surface area (Å²) in [7, 11) is 2.00. The number of rotatable bonds is 2. The molecule has 1 aliphatic heterocycles. The number of carbonyl (C=O) groups excluding carboxylic acids is 1. The number of anilines is 3. The largest absolute Gasteiger partial charge is 0.372 e. The molecule has 4 rings (SSSR count). The average molecular weight is 395 g/mol. The average Bonchev–Trinajstić information content (AvgIpc) is 2.87. The van der Waals surface area contributed by atoms with Crippen LogP contribution in [-0.4, -0.2) is 41.1 Å². The Morgan fingerprint density at radius 1 is 1.18 bits per heavy atom. The minimum absolute atomic E-state index is 0.284. The molecule has 3 aromatic rings. The van der Waals surface area contributed by atoms with Gasteiger partial charge in [0.2, 0.25) is 0 Å². The number of urea groups is 1. The highest BCUT2D eigenvalue weighted by Gasteiger charge is 2.26. The lowest BCUT2D eigenvalue weighted by molar-refractivity contribution is 0.256. The second kappa shape index (κ2) is 7.82. The number of carbonyl (C=O) groups is 1. The van der Waals surface area contributed by atoms with E-state index >= 15 is 0 Å². The van der Waals surface area contributed by atoms with E-state index in [2.05, 4.69) is 20.2 Å². The summed E-state index contributed by atoms with van der Waals surface area (Å²) in [5, 5.41) is 3.44. The van der Waals surface area contributed by atoms with E-state index in [1.807, 2.05) is 43.4 Å². The monoisotopic (exact) mass is 394 g/mol. The van der Waals surface area contributed by atoms with Crippen LogP contribution in [0.2, 0.25) is 5.02 Å². The van der Waals surface area contributed by atoms with Gasteiger partial charge in [-0.2, -0.15) is 0 Å². The fraction of sp³-hybridized carbons (Fsp3) is 0.200. The molecule has 1 aliphatic rings. The van der Waals surface area contributed by atoms with Gasteiger partial charge in [-0.25, -0.2) is 14.8 Å². The van der Waals surface area contributed by atoms with Crippen molar-refractivity contribution in [1.82, 2.24) is 15.0 Å². The molecule has 0 saturated heterocycles. The van der Waals surface area contributed by atoms with Gasteiger partial charge in [0.05, 0.1) is 17.6 Å². The van der Waals surface area contributed by atoms with Gasteiger partial charge in [-0.1, -0.05) is 23.7 Å². The fourth-order valence-corrected chi connectivity index (χ4v) is 3.37. The maximum atomic E-state index is 13.0. The number of amides is 2. The van der Waals surface area contributed by atoms with Gasteiger partial charge in [0.25, 0.3) is 0 Å². The molecule has 3 heterocycles. The summed E-state index contributed by atoms with van der Waals surface area (Å²) >= 11 is 6.13. The molecule has 0 atom stereocenters. The van der Waals surface area contributed by atoms with Crippen LogP contribution in [0.4, 0.5) is 22.1 Å². The first kappa shape index (κ1) is 18.2. The van der Waals surface area contributed by atoms with Crippen molar-refractivity contribution >= 4 is 35.0 Å². The number of hydrogen-bond acceptors (Lipinski definition) is 5. The molecule has 0 spiro atoms. The molecule has 142 valence electrons. The topological polar surface area (TPSA) is 74.2 Å². The first-order chi connectivity index (χ1) is 13.6. The van der Waals surface area contributed by atoms with E-state index in [4.69, 9.17) is 16.6 Å². The van der Waals surface area contributed by atoms with E-state index in [0.29, 0.717) is 23.2 Å². The minimum Gasteiger partial charge on any atom is -0.372 e. The zero-order chi connectivity index (χ0) is 19.5. The van der Waals surface area contributed by atoms with E-state index in [-0.39, 0.29) is 6.03 Å². The van der Waals surface area contributed by atoms with E-state index < -0.39 is 0 Å². The molecule has 0 radical (unpaired) electrons. The molecular weight excluding hydrogens is 376 g/mol. The molecule has 28 heavy (non-hydrogen) atoms. The number of aromatic nitrogens is 3. The van der Waals surface area contributed by atoms with Crippen molar-refractivity contribution in [3.8, 4) is 11.3 Å². The van der Waals surface area contributed by atoms with E-state index in [1.54, 1.807) is 11.1 Å². The molecule has 1 N–H and O–H groups in total. The van der Waals surface area contributed by atoms with Crippen molar-refractivity contribution < 1.29 is 4.79 Å². The Balaban J connectivity index is 1.72. The van der Waals surface area contributed by atoms with Crippen LogP contribution >= 0.6 is 11.6 Å². The molecule has 2 aromatic heterocycles. The van der Waals surface area contributed by atoms with Gasteiger partial charge in [-0.15, -0.1) is 0 Å². The summed E-state index contributed by atoms with van der Waals surface area (Å²) in [6.07, 6.45) is 5.44. The summed E-state index contributed by atoms with van der Waals surface area (Å²) in [4.78, 5) is 29.6. The van der Waals surface area contributed by atoms with Crippen LogP contribution in [0.15, 0.2) is 55.0 Å². The molecule has 0 fully saturated rings. The summed E-state index contributed by atoms with van der Waals surface area (Å²) in [5.41, 5.74) is 2.56. The van der Waals surface area contributed by atoms with Crippen molar-refractivity contribution in [3.63, 3.8) is 0 Å². The predicted molar refractivity (Wildman–Crippen MR) is 111 cm³/mol. The summed E-state index contributed by atoms with van der Waals surface area (Å²) in [6.45, 7) is 1.38. The molecule has 8 heteroatoms. The van der Waals surface area contributed by atoms with Crippen LogP contribution in [0.25, 0.3) is 11.3 Å². The highest BCUT2D eigenvalue weighted by atomic mass is 35.5. The summed E-state index contributed by atoms with van der Waals surface area (Å²) < 4.78 is 0. The molecule has 2 amide bonds. The molecule has 0 bridgehead atoms. The Hall–Kier alpha value is -3.19. The Kier molecular flexibility index (Phi) is 5.08. The van der Waals surface area contributed by atoms with Gasteiger partial charge in [0, 0.05) is 43.1 Å². The Bertz CT molecular complexity index is 997. The lowest BCUT2D eigenvalue weighted by Crippen LogP contribution is -2.36. The van der Waals surface area contributed by atoms with Crippen molar-refractivity contribution in [2.75, 3.05) is 35.3 Å². The van der Waals surface area contributed by atoms with Crippen LogP contribution in [0, 0.1) is 0 Å². The van der Waals surface area contributed by atoms with E-state index in [1.165, 1.54) is 12.4 Å². The number of fused-ring (bicyclic) bond motifs is 1. The summed E-state index contributed by atoms with van der Waals surface area (Å²) in [6, 6.07) is 11.2.